The number of hydrogen-bond donors (Lipinski definition) is 1. The normalized spacial score (nSPS) is 19.7. The molecule has 1 aliphatic heterocycles. The third-order valence-corrected chi connectivity index (χ3v) is 3.40. The summed E-state index contributed by atoms with van der Waals surface area (Å²) in [7, 11) is 4.22. The van der Waals surface area contributed by atoms with Crippen molar-refractivity contribution in [2.45, 2.75) is 38.6 Å². The van der Waals surface area contributed by atoms with Crippen molar-refractivity contribution < 1.29 is 4.79 Å². The molecular weight excluding hydrogens is 214 g/mol. The average Bonchev–Trinajstić information content (AvgIpc) is 2.26. The van der Waals surface area contributed by atoms with Gasteiger partial charge in [-0.15, -0.1) is 0 Å². The predicted octanol–water partition coefficient (Wildman–Crippen LogP) is 0.914. The van der Waals surface area contributed by atoms with Gasteiger partial charge >= 0.3 is 0 Å². The zero-order valence-electron chi connectivity index (χ0n) is 11.5. The van der Waals surface area contributed by atoms with Crippen LogP contribution in [0.1, 0.15) is 32.6 Å². The van der Waals surface area contributed by atoms with E-state index in [0.29, 0.717) is 6.42 Å². The highest BCUT2D eigenvalue weighted by molar-refractivity contribution is 5.76. The lowest BCUT2D eigenvalue weighted by Crippen LogP contribution is -2.40. The molecule has 0 spiro atoms. The Kier molecular flexibility index (Phi) is 5.92. The first-order valence-electron chi connectivity index (χ1n) is 6.67. The van der Waals surface area contributed by atoms with Gasteiger partial charge in [-0.25, -0.2) is 0 Å². The summed E-state index contributed by atoms with van der Waals surface area (Å²) in [6, 6.07) is 0.130. The van der Waals surface area contributed by atoms with E-state index >= 15 is 0 Å². The fraction of sp³-hybridized carbons (Fsp3) is 0.923. The number of likely N-dealkylation sites (tertiary alicyclic amines) is 1. The van der Waals surface area contributed by atoms with Crippen molar-refractivity contribution in [2.75, 3.05) is 33.7 Å². The van der Waals surface area contributed by atoms with Crippen molar-refractivity contribution in [3.63, 3.8) is 0 Å². The first kappa shape index (κ1) is 14.5. The molecule has 0 bridgehead atoms. The van der Waals surface area contributed by atoms with E-state index in [1.165, 1.54) is 0 Å². The van der Waals surface area contributed by atoms with Gasteiger partial charge in [0, 0.05) is 32.1 Å². The molecule has 4 nitrogen and oxygen atoms in total. The van der Waals surface area contributed by atoms with Crippen molar-refractivity contribution in [2.24, 2.45) is 11.7 Å². The summed E-state index contributed by atoms with van der Waals surface area (Å²) in [6.07, 6.45) is 3.69. The Morgan fingerprint density at radius 2 is 2.00 bits per heavy atom. The summed E-state index contributed by atoms with van der Waals surface area (Å²) >= 11 is 0. The van der Waals surface area contributed by atoms with Crippen molar-refractivity contribution in [3.05, 3.63) is 0 Å². The van der Waals surface area contributed by atoms with Crippen LogP contribution in [0.15, 0.2) is 0 Å². The maximum Gasteiger partial charge on any atom is 0.222 e. The third-order valence-electron chi connectivity index (χ3n) is 3.40. The first-order valence-corrected chi connectivity index (χ1v) is 6.67. The molecule has 4 heteroatoms. The van der Waals surface area contributed by atoms with Gasteiger partial charge in [-0.1, -0.05) is 0 Å². The smallest absolute Gasteiger partial charge is 0.222 e. The van der Waals surface area contributed by atoms with Crippen molar-refractivity contribution in [3.8, 4) is 0 Å². The van der Waals surface area contributed by atoms with E-state index in [0.717, 1.165) is 44.8 Å². The van der Waals surface area contributed by atoms with Gasteiger partial charge in [0.2, 0.25) is 5.91 Å². The summed E-state index contributed by atoms with van der Waals surface area (Å²) in [5, 5.41) is 0. The minimum absolute atomic E-state index is 0.130. The monoisotopic (exact) mass is 241 g/mol. The molecule has 0 aromatic heterocycles. The number of hydrogen-bond acceptors (Lipinski definition) is 3. The number of nitrogens with two attached hydrogens (primary N) is 1. The van der Waals surface area contributed by atoms with Crippen LogP contribution in [0.4, 0.5) is 0 Å². The molecule has 1 amide bonds. The van der Waals surface area contributed by atoms with Gasteiger partial charge in [-0.3, -0.25) is 4.79 Å². The fourth-order valence-corrected chi connectivity index (χ4v) is 2.39. The first-order chi connectivity index (χ1) is 7.99. The van der Waals surface area contributed by atoms with Crippen LogP contribution in [0, 0.1) is 5.92 Å². The number of carbonyl (C=O) groups is 1. The molecule has 1 fully saturated rings. The van der Waals surface area contributed by atoms with Crippen molar-refractivity contribution >= 4 is 5.91 Å². The van der Waals surface area contributed by atoms with Crippen LogP contribution in [-0.2, 0) is 4.79 Å². The van der Waals surface area contributed by atoms with Gasteiger partial charge in [0.25, 0.3) is 0 Å². The quantitative estimate of drug-likeness (QED) is 0.778. The molecular formula is C13H27N3O. The van der Waals surface area contributed by atoms with Gasteiger partial charge in [-0.2, -0.15) is 0 Å². The second kappa shape index (κ2) is 6.97. The van der Waals surface area contributed by atoms with Gasteiger partial charge in [0.05, 0.1) is 0 Å². The van der Waals surface area contributed by atoms with Crippen LogP contribution in [0.3, 0.4) is 0 Å². The van der Waals surface area contributed by atoms with Crippen molar-refractivity contribution in [1.29, 1.82) is 0 Å². The number of piperidine rings is 1. The lowest BCUT2D eigenvalue weighted by Gasteiger charge is -2.33. The Balaban J connectivity index is 2.24. The summed E-state index contributed by atoms with van der Waals surface area (Å²) in [5.41, 5.74) is 5.67. The molecule has 1 rings (SSSR count). The molecule has 1 aliphatic rings. The maximum atomic E-state index is 11.9. The standard InChI is InChI=1S/C13H27N3O/c1-11(14)4-5-13(17)16-8-6-12(7-9-16)10-15(2)3/h11-12H,4-10,14H2,1-3H3. The third kappa shape index (κ3) is 5.50. The molecule has 1 atom stereocenters. The Hall–Kier alpha value is -0.610. The van der Waals surface area contributed by atoms with Crippen LogP contribution >= 0.6 is 0 Å². The van der Waals surface area contributed by atoms with Gasteiger partial charge < -0.3 is 15.5 Å². The zero-order valence-corrected chi connectivity index (χ0v) is 11.5. The summed E-state index contributed by atoms with van der Waals surface area (Å²) in [5.74, 6) is 1.04. The highest BCUT2D eigenvalue weighted by Crippen LogP contribution is 2.18. The second-order valence-electron chi connectivity index (χ2n) is 5.60. The molecule has 0 radical (unpaired) electrons. The molecule has 0 saturated carbocycles. The van der Waals surface area contributed by atoms with Crippen molar-refractivity contribution in [1.82, 2.24) is 9.80 Å². The molecule has 0 aromatic rings. The number of amides is 1. The van der Waals surface area contributed by atoms with E-state index in [4.69, 9.17) is 5.73 Å². The topological polar surface area (TPSA) is 49.6 Å². The Morgan fingerprint density at radius 3 is 2.47 bits per heavy atom. The molecule has 0 aromatic carbocycles. The Labute approximate surface area is 105 Å². The number of rotatable bonds is 5. The average molecular weight is 241 g/mol. The predicted molar refractivity (Wildman–Crippen MR) is 70.7 cm³/mol. The van der Waals surface area contributed by atoms with Crippen LogP contribution in [0.2, 0.25) is 0 Å². The van der Waals surface area contributed by atoms with E-state index in [2.05, 4.69) is 19.0 Å². The van der Waals surface area contributed by atoms with E-state index in [1.807, 2.05) is 11.8 Å². The summed E-state index contributed by atoms with van der Waals surface area (Å²) < 4.78 is 0. The van der Waals surface area contributed by atoms with E-state index < -0.39 is 0 Å². The lowest BCUT2D eigenvalue weighted by atomic mass is 9.96. The summed E-state index contributed by atoms with van der Waals surface area (Å²) in [4.78, 5) is 16.1. The summed E-state index contributed by atoms with van der Waals surface area (Å²) in [6.45, 7) is 4.95. The fourth-order valence-electron chi connectivity index (χ4n) is 2.39. The molecule has 17 heavy (non-hydrogen) atoms. The molecule has 1 heterocycles. The number of carbonyl (C=O) groups excluding carboxylic acids is 1. The second-order valence-corrected chi connectivity index (χ2v) is 5.60. The Bertz CT molecular complexity index is 233. The molecule has 2 N–H and O–H groups in total. The lowest BCUT2D eigenvalue weighted by molar-refractivity contribution is -0.132. The highest BCUT2D eigenvalue weighted by atomic mass is 16.2. The molecule has 0 aliphatic carbocycles. The molecule has 1 saturated heterocycles. The van der Waals surface area contributed by atoms with Gasteiger partial charge in [0.1, 0.15) is 0 Å². The van der Waals surface area contributed by atoms with Crippen LogP contribution < -0.4 is 5.73 Å². The van der Waals surface area contributed by atoms with E-state index in [-0.39, 0.29) is 11.9 Å². The van der Waals surface area contributed by atoms with Gasteiger partial charge in [0.15, 0.2) is 0 Å². The zero-order chi connectivity index (χ0) is 12.8. The van der Waals surface area contributed by atoms with Gasteiger partial charge in [-0.05, 0) is 46.2 Å². The molecule has 100 valence electrons. The minimum Gasteiger partial charge on any atom is -0.343 e. The highest BCUT2D eigenvalue weighted by Gasteiger charge is 2.22. The van der Waals surface area contributed by atoms with E-state index in [9.17, 15) is 4.79 Å². The Morgan fingerprint density at radius 1 is 1.41 bits per heavy atom. The van der Waals surface area contributed by atoms with Crippen LogP contribution in [0.25, 0.3) is 0 Å². The van der Waals surface area contributed by atoms with Crippen LogP contribution in [0.5, 0.6) is 0 Å². The number of nitrogens with zero attached hydrogens (tertiary/aromatic N) is 2. The minimum atomic E-state index is 0.130. The van der Waals surface area contributed by atoms with Crippen LogP contribution in [-0.4, -0.2) is 55.5 Å². The largest absolute Gasteiger partial charge is 0.343 e. The SMILES string of the molecule is CC(N)CCC(=O)N1CCC(CN(C)C)CC1. The maximum absolute atomic E-state index is 11.9. The molecule has 1 unspecified atom stereocenters. The van der Waals surface area contributed by atoms with E-state index in [1.54, 1.807) is 0 Å².